The summed E-state index contributed by atoms with van der Waals surface area (Å²) in [5, 5.41) is 12.1. The van der Waals surface area contributed by atoms with Crippen molar-refractivity contribution in [2.45, 2.75) is 0 Å². The minimum absolute atomic E-state index is 0.256. The topological polar surface area (TPSA) is 53.0 Å². The summed E-state index contributed by atoms with van der Waals surface area (Å²) in [4.78, 5) is 3.59. The summed E-state index contributed by atoms with van der Waals surface area (Å²) >= 11 is 0. The first-order valence-electron chi connectivity index (χ1n) is 9.61. The first-order chi connectivity index (χ1) is 14.3. The number of nitrogens with zero attached hydrogens (tertiary/aromatic N) is 1. The number of hydrogen-bond acceptors (Lipinski definition) is 2. The Labute approximate surface area is 164 Å². The maximum Gasteiger partial charge on any atom is 0.223 e. The predicted molar refractivity (Wildman–Crippen MR) is 114 cm³/mol. The second-order valence-electron chi connectivity index (χ2n) is 7.48. The highest BCUT2D eigenvalue weighted by Gasteiger charge is 2.30. The third-order valence-corrected chi connectivity index (χ3v) is 5.90. The Morgan fingerprint density at radius 3 is 2.21 bits per heavy atom. The smallest absolute Gasteiger partial charge is 0.223 e. The molecule has 2 N–H and O–H groups in total. The molecule has 0 amide bonds. The highest BCUT2D eigenvalue weighted by molar-refractivity contribution is 6.23. The van der Waals surface area contributed by atoms with Crippen LogP contribution in [-0.4, -0.2) is 10.1 Å². The molecule has 2 aliphatic rings. The Hall–Kier alpha value is -4.05. The van der Waals surface area contributed by atoms with Gasteiger partial charge in [-0.1, -0.05) is 18.2 Å². The fourth-order valence-corrected chi connectivity index (χ4v) is 4.76. The first-order valence-corrected chi connectivity index (χ1v) is 9.61. The number of H-pyrrole nitrogens is 1. The van der Waals surface area contributed by atoms with E-state index in [1.807, 2.05) is 36.4 Å². The van der Waals surface area contributed by atoms with Gasteiger partial charge in [0.25, 0.3) is 0 Å². The second kappa shape index (κ2) is 5.06. The summed E-state index contributed by atoms with van der Waals surface area (Å²) in [6.07, 6.45) is 0. The third kappa shape index (κ3) is 1.81. The minimum atomic E-state index is 0.256. The number of benzene rings is 4. The van der Waals surface area contributed by atoms with Crippen LogP contribution in [0.1, 0.15) is 0 Å². The Morgan fingerprint density at radius 1 is 0.655 bits per heavy atom. The van der Waals surface area contributed by atoms with Gasteiger partial charge in [-0.15, -0.1) is 0 Å². The largest absolute Gasteiger partial charge is 0.508 e. The fraction of sp³-hybridized carbons (Fsp3) is 0. The van der Waals surface area contributed by atoms with Crippen LogP contribution >= 0.6 is 0 Å². The Morgan fingerprint density at radius 2 is 1.34 bits per heavy atom. The Bertz CT molecular complexity index is 1560. The van der Waals surface area contributed by atoms with Crippen molar-refractivity contribution in [2.24, 2.45) is 0 Å². The number of pyridine rings is 2. The van der Waals surface area contributed by atoms with Crippen LogP contribution in [0.15, 0.2) is 83.3 Å². The molecule has 136 valence electrons. The molecule has 4 aromatic carbocycles. The number of aromatic nitrogens is 2. The van der Waals surface area contributed by atoms with E-state index in [4.69, 9.17) is 4.42 Å². The zero-order chi connectivity index (χ0) is 19.1. The molecule has 4 heteroatoms. The van der Waals surface area contributed by atoms with Gasteiger partial charge in [-0.05, 0) is 36.4 Å². The van der Waals surface area contributed by atoms with Crippen LogP contribution in [-0.2, 0) is 0 Å². The van der Waals surface area contributed by atoms with Crippen molar-refractivity contribution in [1.29, 1.82) is 0 Å². The SMILES string of the molecule is Oc1ccc(-[n+]2c3cccc4[nH]c5cccc6oc7cccc2c7c(c43)-c56)cc1. The first kappa shape index (κ1) is 14.9. The Kier molecular flexibility index (Phi) is 2.60. The van der Waals surface area contributed by atoms with Gasteiger partial charge in [0.1, 0.15) is 16.9 Å². The molecule has 1 aromatic heterocycles. The molecule has 0 radical (unpaired) electrons. The van der Waals surface area contributed by atoms with Crippen LogP contribution in [0.3, 0.4) is 0 Å². The van der Waals surface area contributed by atoms with Gasteiger partial charge in [0.2, 0.25) is 16.7 Å². The van der Waals surface area contributed by atoms with Gasteiger partial charge in [0.15, 0.2) is 0 Å². The number of hydrogen-bond donors (Lipinski definition) is 2. The quantitative estimate of drug-likeness (QED) is 0.218. The molecule has 0 bridgehead atoms. The molecule has 0 saturated heterocycles. The molecule has 0 unspecified atom stereocenters. The molecule has 3 heterocycles. The lowest BCUT2D eigenvalue weighted by Crippen LogP contribution is -2.33. The Balaban J connectivity index is 1.85. The van der Waals surface area contributed by atoms with Gasteiger partial charge in [-0.2, -0.15) is 4.57 Å². The lowest BCUT2D eigenvalue weighted by atomic mass is 9.91. The van der Waals surface area contributed by atoms with Crippen LogP contribution in [0, 0.1) is 0 Å². The molecule has 0 aliphatic carbocycles. The number of aromatic hydroxyl groups is 1. The number of aromatic amines is 1. The summed E-state index contributed by atoms with van der Waals surface area (Å²) in [5.41, 5.74) is 9.45. The van der Waals surface area contributed by atoms with Gasteiger partial charge in [-0.3, -0.25) is 0 Å². The molecule has 4 nitrogen and oxygen atoms in total. The molecular formula is C25H15N2O2+. The number of phenols is 1. The number of nitrogens with one attached hydrogen (secondary N) is 1. The summed E-state index contributed by atoms with van der Waals surface area (Å²) in [6, 6.07) is 26.0. The van der Waals surface area contributed by atoms with Gasteiger partial charge in [0.05, 0.1) is 21.8 Å². The van der Waals surface area contributed by atoms with Crippen molar-refractivity contribution in [2.75, 3.05) is 0 Å². The van der Waals surface area contributed by atoms with Crippen LogP contribution in [0.25, 0.3) is 60.8 Å². The van der Waals surface area contributed by atoms with Crippen molar-refractivity contribution in [3.8, 4) is 22.6 Å². The molecular weight excluding hydrogens is 360 g/mol. The highest BCUT2D eigenvalue weighted by Crippen LogP contribution is 2.45. The van der Waals surface area contributed by atoms with E-state index in [1.165, 1.54) is 10.9 Å². The van der Waals surface area contributed by atoms with Gasteiger partial charge < -0.3 is 14.5 Å². The van der Waals surface area contributed by atoms with E-state index in [2.05, 4.69) is 39.9 Å². The predicted octanol–water partition coefficient (Wildman–Crippen LogP) is 5.75. The molecule has 5 aromatic rings. The second-order valence-corrected chi connectivity index (χ2v) is 7.48. The average Bonchev–Trinajstić information content (AvgIpc) is 2.75. The maximum atomic E-state index is 9.79. The summed E-state index contributed by atoms with van der Waals surface area (Å²) in [6.45, 7) is 0. The van der Waals surface area contributed by atoms with Gasteiger partial charge in [0, 0.05) is 35.4 Å². The van der Waals surface area contributed by atoms with E-state index in [0.717, 1.165) is 49.9 Å². The lowest BCUT2D eigenvalue weighted by Gasteiger charge is -2.19. The van der Waals surface area contributed by atoms with Crippen LogP contribution in [0.4, 0.5) is 0 Å². The average molecular weight is 375 g/mol. The zero-order valence-corrected chi connectivity index (χ0v) is 15.3. The van der Waals surface area contributed by atoms with E-state index in [-0.39, 0.29) is 5.75 Å². The van der Waals surface area contributed by atoms with E-state index in [0.29, 0.717) is 0 Å². The third-order valence-electron chi connectivity index (χ3n) is 5.90. The fourth-order valence-electron chi connectivity index (χ4n) is 4.76. The molecule has 0 saturated carbocycles. The van der Waals surface area contributed by atoms with E-state index >= 15 is 0 Å². The number of phenolic OH excluding ortho intramolecular Hbond substituents is 1. The minimum Gasteiger partial charge on any atom is -0.508 e. The van der Waals surface area contributed by atoms with Crippen LogP contribution in [0.5, 0.6) is 5.75 Å². The normalized spacial score (nSPS) is 12.3. The highest BCUT2D eigenvalue weighted by atomic mass is 16.3. The molecule has 2 aliphatic heterocycles. The van der Waals surface area contributed by atoms with Gasteiger partial charge >= 0.3 is 0 Å². The monoisotopic (exact) mass is 375 g/mol. The van der Waals surface area contributed by atoms with Crippen LogP contribution < -0.4 is 4.57 Å². The van der Waals surface area contributed by atoms with Crippen molar-refractivity contribution in [3.05, 3.63) is 78.9 Å². The van der Waals surface area contributed by atoms with Crippen LogP contribution in [0.2, 0.25) is 0 Å². The standard InChI is InChI=1S/C25H14N2O2/c28-15-12-10-14(11-13-15)27-18-6-1-4-16-22(18)25-23-17(26-16)5-2-8-20(23)29-21-9-3-7-19(27)24(21)25/h1-13,28H/p+1. The molecule has 0 atom stereocenters. The van der Waals surface area contributed by atoms with Crippen molar-refractivity contribution < 1.29 is 14.1 Å². The summed E-state index contributed by atoms with van der Waals surface area (Å²) in [7, 11) is 0. The van der Waals surface area contributed by atoms with Crippen molar-refractivity contribution in [3.63, 3.8) is 0 Å². The summed E-state index contributed by atoms with van der Waals surface area (Å²) < 4.78 is 8.57. The van der Waals surface area contributed by atoms with Gasteiger partial charge in [-0.25, -0.2) is 0 Å². The lowest BCUT2D eigenvalue weighted by molar-refractivity contribution is -0.537. The molecule has 7 rings (SSSR count). The molecule has 0 spiro atoms. The van der Waals surface area contributed by atoms with E-state index in [9.17, 15) is 5.11 Å². The maximum absolute atomic E-state index is 9.79. The van der Waals surface area contributed by atoms with Crippen molar-refractivity contribution >= 4 is 44.0 Å². The van der Waals surface area contributed by atoms with Crippen molar-refractivity contribution in [1.82, 2.24) is 4.98 Å². The molecule has 29 heavy (non-hydrogen) atoms. The van der Waals surface area contributed by atoms with E-state index < -0.39 is 0 Å². The van der Waals surface area contributed by atoms with E-state index in [1.54, 1.807) is 12.1 Å². The number of rotatable bonds is 1. The summed E-state index contributed by atoms with van der Waals surface area (Å²) in [5.74, 6) is 0.256. The molecule has 0 fully saturated rings. The zero-order valence-electron chi connectivity index (χ0n) is 15.3.